The van der Waals surface area contributed by atoms with Crippen LogP contribution in [0.5, 0.6) is 5.75 Å². The van der Waals surface area contributed by atoms with Crippen LogP contribution in [-0.4, -0.2) is 45.7 Å². The number of aromatic nitrogens is 2. The number of hydrogen-bond acceptors (Lipinski definition) is 4. The summed E-state index contributed by atoms with van der Waals surface area (Å²) in [5.41, 5.74) is 2.88. The number of aromatic carboxylic acids is 1. The van der Waals surface area contributed by atoms with Crippen molar-refractivity contribution >= 4 is 17.0 Å². The van der Waals surface area contributed by atoms with Crippen molar-refractivity contribution in [3.8, 4) is 5.75 Å². The van der Waals surface area contributed by atoms with E-state index in [4.69, 9.17) is 9.72 Å². The Morgan fingerprint density at radius 2 is 2.14 bits per heavy atom. The molecule has 1 saturated heterocycles. The van der Waals surface area contributed by atoms with Crippen LogP contribution in [0.1, 0.15) is 41.0 Å². The van der Waals surface area contributed by atoms with Crippen molar-refractivity contribution in [2.45, 2.75) is 32.4 Å². The van der Waals surface area contributed by atoms with Gasteiger partial charge in [0.2, 0.25) is 0 Å². The summed E-state index contributed by atoms with van der Waals surface area (Å²) >= 11 is 0. The van der Waals surface area contributed by atoms with Gasteiger partial charge in [-0.05, 0) is 61.7 Å². The molecule has 0 spiro atoms. The van der Waals surface area contributed by atoms with Crippen molar-refractivity contribution in [3.63, 3.8) is 0 Å². The van der Waals surface area contributed by atoms with Crippen LogP contribution in [0.2, 0.25) is 0 Å². The average Bonchev–Trinajstić information content (AvgIpc) is 3.31. The van der Waals surface area contributed by atoms with Gasteiger partial charge in [-0.2, -0.15) is 0 Å². The minimum Gasteiger partial charge on any atom is -0.494 e. The normalized spacial score (nSPS) is 17.1. The predicted octanol–water partition coefficient (Wildman–Crippen LogP) is 3.89. The number of benzene rings is 2. The van der Waals surface area contributed by atoms with Crippen molar-refractivity contribution in [3.05, 3.63) is 59.2 Å². The SMILES string of the molecule is CCn1c(CN2CCC(c3ccc(OC)c(F)c3)C2)nc2cc(C(=O)O)ccc21. The number of nitrogens with zero attached hydrogens (tertiary/aromatic N) is 3. The molecule has 6 nitrogen and oxygen atoms in total. The summed E-state index contributed by atoms with van der Waals surface area (Å²) in [5, 5.41) is 9.22. The lowest BCUT2D eigenvalue weighted by Crippen LogP contribution is -2.22. The molecule has 1 fully saturated rings. The zero-order valence-corrected chi connectivity index (χ0v) is 16.6. The van der Waals surface area contributed by atoms with Gasteiger partial charge in [0.05, 0.1) is 30.3 Å². The fraction of sp³-hybridized carbons (Fsp3) is 0.364. The molecule has 29 heavy (non-hydrogen) atoms. The Morgan fingerprint density at radius 3 is 2.83 bits per heavy atom. The molecule has 2 aromatic carbocycles. The van der Waals surface area contributed by atoms with E-state index in [9.17, 15) is 14.3 Å². The van der Waals surface area contributed by atoms with E-state index in [0.717, 1.165) is 43.0 Å². The number of methoxy groups -OCH3 is 1. The maximum absolute atomic E-state index is 14.1. The molecule has 0 bridgehead atoms. The minimum absolute atomic E-state index is 0.243. The zero-order valence-electron chi connectivity index (χ0n) is 16.6. The van der Waals surface area contributed by atoms with Crippen LogP contribution in [0.3, 0.4) is 0 Å². The van der Waals surface area contributed by atoms with Gasteiger partial charge in [0, 0.05) is 13.1 Å². The molecule has 0 amide bonds. The molecule has 7 heteroatoms. The monoisotopic (exact) mass is 397 g/mol. The predicted molar refractivity (Wildman–Crippen MR) is 108 cm³/mol. The Kier molecular flexibility index (Phi) is 5.24. The highest BCUT2D eigenvalue weighted by atomic mass is 19.1. The second-order valence-electron chi connectivity index (χ2n) is 7.40. The van der Waals surface area contributed by atoms with Gasteiger partial charge in [0.15, 0.2) is 11.6 Å². The van der Waals surface area contributed by atoms with Crippen molar-refractivity contribution in [1.29, 1.82) is 0 Å². The summed E-state index contributed by atoms with van der Waals surface area (Å²) in [4.78, 5) is 18.3. The Balaban J connectivity index is 1.53. The van der Waals surface area contributed by atoms with Gasteiger partial charge in [0.25, 0.3) is 0 Å². The molecule has 1 aliphatic heterocycles. The number of fused-ring (bicyclic) bond motifs is 1. The first-order chi connectivity index (χ1) is 14.0. The topological polar surface area (TPSA) is 67.6 Å². The van der Waals surface area contributed by atoms with Crippen LogP contribution >= 0.6 is 0 Å². The lowest BCUT2D eigenvalue weighted by atomic mass is 9.98. The summed E-state index contributed by atoms with van der Waals surface area (Å²) < 4.78 is 21.2. The summed E-state index contributed by atoms with van der Waals surface area (Å²) in [7, 11) is 1.47. The van der Waals surface area contributed by atoms with Gasteiger partial charge < -0.3 is 14.4 Å². The summed E-state index contributed by atoms with van der Waals surface area (Å²) in [5.74, 6) is 0.181. The van der Waals surface area contributed by atoms with E-state index >= 15 is 0 Å². The van der Waals surface area contributed by atoms with E-state index in [2.05, 4.69) is 16.4 Å². The molecule has 3 aromatic rings. The molecular formula is C22H24FN3O3. The van der Waals surface area contributed by atoms with Crippen LogP contribution in [0, 0.1) is 5.82 Å². The Labute approximate surface area is 168 Å². The van der Waals surface area contributed by atoms with Gasteiger partial charge in [-0.1, -0.05) is 6.07 Å². The van der Waals surface area contributed by atoms with Crippen molar-refractivity contribution in [1.82, 2.24) is 14.5 Å². The average molecular weight is 397 g/mol. The third-order valence-corrected chi connectivity index (χ3v) is 5.68. The van der Waals surface area contributed by atoms with Gasteiger partial charge in [-0.15, -0.1) is 0 Å². The number of likely N-dealkylation sites (tertiary alicyclic amines) is 1. The Morgan fingerprint density at radius 1 is 1.31 bits per heavy atom. The number of carboxylic acids is 1. The molecule has 1 aliphatic rings. The van der Waals surface area contributed by atoms with Crippen LogP contribution < -0.4 is 4.74 Å². The zero-order chi connectivity index (χ0) is 20.5. The number of rotatable bonds is 6. The molecule has 0 aliphatic carbocycles. The molecule has 152 valence electrons. The Bertz CT molecular complexity index is 1060. The van der Waals surface area contributed by atoms with E-state index in [1.54, 1.807) is 24.3 Å². The smallest absolute Gasteiger partial charge is 0.335 e. The molecule has 1 atom stereocenters. The lowest BCUT2D eigenvalue weighted by Gasteiger charge is -2.17. The number of imidazole rings is 1. The number of ether oxygens (including phenoxy) is 1. The Hall–Kier alpha value is -2.93. The first-order valence-electron chi connectivity index (χ1n) is 9.78. The third kappa shape index (κ3) is 3.70. The van der Waals surface area contributed by atoms with Crippen molar-refractivity contribution in [2.75, 3.05) is 20.2 Å². The molecule has 1 aromatic heterocycles. The third-order valence-electron chi connectivity index (χ3n) is 5.68. The van der Waals surface area contributed by atoms with Crippen LogP contribution in [-0.2, 0) is 13.1 Å². The largest absolute Gasteiger partial charge is 0.494 e. The van der Waals surface area contributed by atoms with Gasteiger partial charge in [-0.25, -0.2) is 14.2 Å². The molecule has 0 saturated carbocycles. The summed E-state index contributed by atoms with van der Waals surface area (Å²) in [6.07, 6.45) is 0.960. The molecule has 4 rings (SSSR count). The van der Waals surface area contributed by atoms with Crippen LogP contribution in [0.4, 0.5) is 4.39 Å². The van der Waals surface area contributed by atoms with E-state index in [1.807, 2.05) is 12.1 Å². The highest BCUT2D eigenvalue weighted by Gasteiger charge is 2.26. The van der Waals surface area contributed by atoms with Crippen molar-refractivity contribution < 1.29 is 19.0 Å². The molecule has 0 radical (unpaired) electrons. The van der Waals surface area contributed by atoms with Crippen LogP contribution in [0.25, 0.3) is 11.0 Å². The minimum atomic E-state index is -0.950. The fourth-order valence-electron chi connectivity index (χ4n) is 4.17. The van der Waals surface area contributed by atoms with E-state index in [0.29, 0.717) is 12.1 Å². The second kappa shape index (κ2) is 7.83. The highest BCUT2D eigenvalue weighted by molar-refractivity contribution is 5.92. The van der Waals surface area contributed by atoms with Gasteiger partial charge in [-0.3, -0.25) is 4.90 Å². The number of carboxylic acid groups (broad SMARTS) is 1. The molecule has 1 unspecified atom stereocenters. The second-order valence-corrected chi connectivity index (χ2v) is 7.40. The van der Waals surface area contributed by atoms with Gasteiger partial charge in [0.1, 0.15) is 5.82 Å². The van der Waals surface area contributed by atoms with E-state index in [-0.39, 0.29) is 23.0 Å². The summed E-state index contributed by atoms with van der Waals surface area (Å²) in [6, 6.07) is 10.3. The number of carbonyl (C=O) groups is 1. The number of hydrogen-bond donors (Lipinski definition) is 1. The molecular weight excluding hydrogens is 373 g/mol. The van der Waals surface area contributed by atoms with Crippen LogP contribution in [0.15, 0.2) is 36.4 Å². The number of aryl methyl sites for hydroxylation is 1. The first kappa shape index (κ1) is 19.4. The van der Waals surface area contributed by atoms with Crippen molar-refractivity contribution in [2.24, 2.45) is 0 Å². The fourth-order valence-corrected chi connectivity index (χ4v) is 4.17. The highest BCUT2D eigenvalue weighted by Crippen LogP contribution is 2.31. The summed E-state index contributed by atoms with van der Waals surface area (Å²) in [6.45, 7) is 5.24. The first-order valence-corrected chi connectivity index (χ1v) is 9.78. The van der Waals surface area contributed by atoms with E-state index < -0.39 is 5.97 Å². The standard InChI is InChI=1S/C22H24FN3O3/c1-3-26-19-6-4-15(22(27)28)11-18(19)24-21(26)13-25-9-8-16(12-25)14-5-7-20(29-2)17(23)10-14/h4-7,10-11,16H,3,8-9,12-13H2,1-2H3,(H,27,28). The quantitative estimate of drug-likeness (QED) is 0.683. The number of halogens is 1. The maximum atomic E-state index is 14.1. The molecule has 2 heterocycles. The van der Waals surface area contributed by atoms with Gasteiger partial charge >= 0.3 is 5.97 Å². The van der Waals surface area contributed by atoms with E-state index in [1.165, 1.54) is 7.11 Å². The maximum Gasteiger partial charge on any atom is 0.335 e. The molecule has 1 N–H and O–H groups in total. The lowest BCUT2D eigenvalue weighted by molar-refractivity contribution is 0.0697.